The van der Waals surface area contributed by atoms with Gasteiger partial charge < -0.3 is 15.2 Å². The molecule has 0 aliphatic heterocycles. The quantitative estimate of drug-likeness (QED) is 0.751. The molecule has 2 N–H and O–H groups in total. The van der Waals surface area contributed by atoms with Gasteiger partial charge in [0, 0.05) is 30.7 Å². The number of amides is 1. The highest BCUT2D eigenvalue weighted by molar-refractivity contribution is 5.82. The summed E-state index contributed by atoms with van der Waals surface area (Å²) in [6.07, 6.45) is 4.84. The number of benzene rings is 1. The topological polar surface area (TPSA) is 73.9 Å². The first-order valence-electron chi connectivity index (χ1n) is 7.03. The average molecular weight is 295 g/mol. The van der Waals surface area contributed by atoms with Crippen molar-refractivity contribution < 1.29 is 4.79 Å². The molecule has 0 radical (unpaired) electrons. The highest BCUT2D eigenvalue weighted by Crippen LogP contribution is 2.14. The second-order valence-electron chi connectivity index (χ2n) is 5.08. The monoisotopic (exact) mass is 295 g/mol. The summed E-state index contributed by atoms with van der Waals surface area (Å²) in [4.78, 5) is 25.2. The number of fused-ring (bicyclic) bond motifs is 1. The van der Waals surface area contributed by atoms with Crippen molar-refractivity contribution >= 4 is 22.6 Å². The van der Waals surface area contributed by atoms with E-state index in [9.17, 15) is 4.79 Å². The third-order valence-corrected chi connectivity index (χ3v) is 3.38. The van der Waals surface area contributed by atoms with Gasteiger partial charge in [-0.1, -0.05) is 18.2 Å². The molecule has 1 amide bonds. The Bertz CT molecular complexity index is 735. The van der Waals surface area contributed by atoms with Crippen LogP contribution in [0.3, 0.4) is 0 Å². The van der Waals surface area contributed by atoms with Gasteiger partial charge in [0.25, 0.3) is 0 Å². The van der Waals surface area contributed by atoms with Crippen LogP contribution in [0, 0.1) is 0 Å². The van der Waals surface area contributed by atoms with Crippen molar-refractivity contribution in [2.24, 2.45) is 0 Å². The van der Waals surface area contributed by atoms with Gasteiger partial charge in [-0.05, 0) is 17.5 Å². The standard InChI is InChI=1S/C16H17N5O/c1-21(15-10-17-6-7-18-15)11-16(22)19-9-13-8-12-4-2-3-5-14(12)20-13/h2-8,10,20H,9,11H2,1H3,(H,19,22). The second-order valence-corrected chi connectivity index (χ2v) is 5.08. The minimum Gasteiger partial charge on any atom is -0.357 e. The maximum absolute atomic E-state index is 12.0. The van der Waals surface area contributed by atoms with Gasteiger partial charge in [-0.3, -0.25) is 9.78 Å². The largest absolute Gasteiger partial charge is 0.357 e. The van der Waals surface area contributed by atoms with Crippen LogP contribution in [0.15, 0.2) is 48.9 Å². The van der Waals surface area contributed by atoms with Crippen LogP contribution in [-0.4, -0.2) is 34.5 Å². The smallest absolute Gasteiger partial charge is 0.239 e. The van der Waals surface area contributed by atoms with Crippen LogP contribution in [0.4, 0.5) is 5.82 Å². The minimum absolute atomic E-state index is 0.0631. The summed E-state index contributed by atoms with van der Waals surface area (Å²) in [5.41, 5.74) is 2.06. The van der Waals surface area contributed by atoms with Crippen LogP contribution in [0.1, 0.15) is 5.69 Å². The van der Waals surface area contributed by atoms with Crippen LogP contribution < -0.4 is 10.2 Å². The minimum atomic E-state index is -0.0631. The Kier molecular flexibility index (Phi) is 4.00. The number of nitrogens with one attached hydrogen (secondary N) is 2. The molecule has 2 aromatic heterocycles. The molecule has 0 atom stereocenters. The molecular formula is C16H17N5O. The molecule has 1 aromatic carbocycles. The molecule has 3 rings (SSSR count). The van der Waals surface area contributed by atoms with E-state index in [0.717, 1.165) is 16.6 Å². The molecule has 0 fully saturated rings. The SMILES string of the molecule is CN(CC(=O)NCc1cc2ccccc2[nH]1)c1cnccn1. The Morgan fingerprint density at radius 1 is 1.32 bits per heavy atom. The van der Waals surface area contributed by atoms with Crippen molar-refractivity contribution in [3.63, 3.8) is 0 Å². The van der Waals surface area contributed by atoms with E-state index in [4.69, 9.17) is 0 Å². The van der Waals surface area contributed by atoms with Gasteiger partial charge in [0.2, 0.25) is 5.91 Å². The molecule has 0 saturated carbocycles. The Morgan fingerprint density at radius 3 is 2.95 bits per heavy atom. The summed E-state index contributed by atoms with van der Waals surface area (Å²) < 4.78 is 0. The fraction of sp³-hybridized carbons (Fsp3) is 0.188. The van der Waals surface area contributed by atoms with Crippen LogP contribution >= 0.6 is 0 Å². The number of nitrogens with zero attached hydrogens (tertiary/aromatic N) is 3. The van der Waals surface area contributed by atoms with Crippen LogP contribution in [-0.2, 0) is 11.3 Å². The van der Waals surface area contributed by atoms with Crippen LogP contribution in [0.5, 0.6) is 0 Å². The molecule has 3 aromatic rings. The summed E-state index contributed by atoms with van der Waals surface area (Å²) in [6.45, 7) is 0.709. The van der Waals surface area contributed by atoms with E-state index in [1.807, 2.05) is 37.4 Å². The Balaban J connectivity index is 1.56. The molecule has 0 aliphatic rings. The third kappa shape index (κ3) is 3.22. The zero-order valence-electron chi connectivity index (χ0n) is 12.3. The van der Waals surface area contributed by atoms with Gasteiger partial charge in [0.1, 0.15) is 5.82 Å². The number of aromatic nitrogens is 3. The zero-order valence-corrected chi connectivity index (χ0v) is 12.3. The number of hydrogen-bond acceptors (Lipinski definition) is 4. The lowest BCUT2D eigenvalue weighted by atomic mass is 10.2. The Morgan fingerprint density at radius 2 is 2.18 bits per heavy atom. The lowest BCUT2D eigenvalue weighted by Gasteiger charge is -2.16. The summed E-state index contributed by atoms with van der Waals surface area (Å²) in [5, 5.41) is 4.04. The zero-order chi connectivity index (χ0) is 15.4. The Hall–Kier alpha value is -2.89. The average Bonchev–Trinajstić information content (AvgIpc) is 2.96. The van der Waals surface area contributed by atoms with E-state index in [0.29, 0.717) is 12.4 Å². The van der Waals surface area contributed by atoms with Gasteiger partial charge in [0.15, 0.2) is 0 Å². The van der Waals surface area contributed by atoms with E-state index in [1.54, 1.807) is 23.5 Å². The Labute approximate surface area is 128 Å². The van der Waals surface area contributed by atoms with E-state index in [2.05, 4.69) is 20.3 Å². The highest BCUT2D eigenvalue weighted by Gasteiger charge is 2.09. The number of aromatic amines is 1. The number of H-pyrrole nitrogens is 1. The maximum Gasteiger partial charge on any atom is 0.239 e. The normalized spacial score (nSPS) is 10.6. The maximum atomic E-state index is 12.0. The van der Waals surface area contributed by atoms with E-state index in [1.165, 1.54) is 0 Å². The predicted molar refractivity (Wildman–Crippen MR) is 85.4 cm³/mol. The summed E-state index contributed by atoms with van der Waals surface area (Å²) in [6, 6.07) is 10.1. The first-order valence-corrected chi connectivity index (χ1v) is 7.03. The van der Waals surface area contributed by atoms with Crippen molar-refractivity contribution in [2.45, 2.75) is 6.54 Å². The number of carbonyl (C=O) groups is 1. The van der Waals surface area contributed by atoms with Crippen molar-refractivity contribution in [1.82, 2.24) is 20.3 Å². The first-order chi connectivity index (χ1) is 10.7. The van der Waals surface area contributed by atoms with Crippen LogP contribution in [0.25, 0.3) is 10.9 Å². The summed E-state index contributed by atoms with van der Waals surface area (Å²) in [7, 11) is 1.81. The molecule has 6 nitrogen and oxygen atoms in total. The molecule has 0 unspecified atom stereocenters. The molecule has 0 spiro atoms. The predicted octanol–water partition coefficient (Wildman–Crippen LogP) is 1.71. The number of likely N-dealkylation sites (N-methyl/N-ethyl adjacent to an activating group) is 1. The number of hydrogen-bond donors (Lipinski definition) is 2. The second kappa shape index (κ2) is 6.26. The highest BCUT2D eigenvalue weighted by atomic mass is 16.2. The molecule has 0 bridgehead atoms. The van der Waals surface area contributed by atoms with E-state index in [-0.39, 0.29) is 12.5 Å². The fourth-order valence-corrected chi connectivity index (χ4v) is 2.26. The molecular weight excluding hydrogens is 278 g/mol. The number of carbonyl (C=O) groups excluding carboxylic acids is 1. The van der Waals surface area contributed by atoms with Gasteiger partial charge in [-0.25, -0.2) is 4.98 Å². The molecule has 0 saturated heterocycles. The van der Waals surface area contributed by atoms with Crippen molar-refractivity contribution in [3.8, 4) is 0 Å². The molecule has 6 heteroatoms. The first kappa shape index (κ1) is 14.1. The van der Waals surface area contributed by atoms with Crippen molar-refractivity contribution in [2.75, 3.05) is 18.5 Å². The summed E-state index contributed by atoms with van der Waals surface area (Å²) in [5.74, 6) is 0.607. The van der Waals surface area contributed by atoms with Crippen molar-refractivity contribution in [1.29, 1.82) is 0 Å². The van der Waals surface area contributed by atoms with Crippen molar-refractivity contribution in [3.05, 3.63) is 54.6 Å². The van der Waals surface area contributed by atoms with E-state index >= 15 is 0 Å². The van der Waals surface area contributed by atoms with Crippen LogP contribution in [0.2, 0.25) is 0 Å². The third-order valence-electron chi connectivity index (χ3n) is 3.38. The number of para-hydroxylation sites is 1. The van der Waals surface area contributed by atoms with Gasteiger partial charge in [-0.2, -0.15) is 0 Å². The number of rotatable bonds is 5. The molecule has 2 heterocycles. The van der Waals surface area contributed by atoms with E-state index < -0.39 is 0 Å². The molecule has 22 heavy (non-hydrogen) atoms. The fourth-order valence-electron chi connectivity index (χ4n) is 2.26. The number of anilines is 1. The van der Waals surface area contributed by atoms with Gasteiger partial charge >= 0.3 is 0 Å². The van der Waals surface area contributed by atoms with Gasteiger partial charge in [0.05, 0.1) is 19.3 Å². The molecule has 112 valence electrons. The van der Waals surface area contributed by atoms with Gasteiger partial charge in [-0.15, -0.1) is 0 Å². The molecule has 0 aliphatic carbocycles. The lowest BCUT2D eigenvalue weighted by molar-refractivity contribution is -0.119. The lowest BCUT2D eigenvalue weighted by Crippen LogP contribution is -2.35. The summed E-state index contributed by atoms with van der Waals surface area (Å²) >= 11 is 0.